The van der Waals surface area contributed by atoms with Gasteiger partial charge in [-0.1, -0.05) is 6.07 Å². The Kier molecular flexibility index (Phi) is 4.49. The summed E-state index contributed by atoms with van der Waals surface area (Å²) in [5, 5.41) is 2.05. The summed E-state index contributed by atoms with van der Waals surface area (Å²) in [6.07, 6.45) is 2.14. The van der Waals surface area contributed by atoms with Crippen LogP contribution in [0.25, 0.3) is 10.2 Å². The van der Waals surface area contributed by atoms with Gasteiger partial charge in [-0.2, -0.15) is 0 Å². The number of carbonyl (C=O) groups is 1. The Labute approximate surface area is 167 Å². The van der Waals surface area contributed by atoms with E-state index in [1.807, 2.05) is 40.8 Å². The van der Waals surface area contributed by atoms with E-state index in [0.29, 0.717) is 18.8 Å². The van der Waals surface area contributed by atoms with Crippen molar-refractivity contribution in [3.05, 3.63) is 47.0 Å². The first-order chi connectivity index (χ1) is 13.7. The Hall–Kier alpha value is -2.51. The van der Waals surface area contributed by atoms with E-state index in [1.54, 1.807) is 11.3 Å². The van der Waals surface area contributed by atoms with E-state index in [4.69, 9.17) is 14.2 Å². The van der Waals surface area contributed by atoms with E-state index in [9.17, 15) is 4.79 Å². The van der Waals surface area contributed by atoms with Gasteiger partial charge >= 0.3 is 0 Å². The van der Waals surface area contributed by atoms with Gasteiger partial charge in [-0.15, -0.1) is 11.3 Å². The summed E-state index contributed by atoms with van der Waals surface area (Å²) in [5.41, 5.74) is 2.82. The molecule has 1 aromatic carbocycles. The number of hydrogen-bond acceptors (Lipinski definition) is 5. The maximum absolute atomic E-state index is 13.5. The van der Waals surface area contributed by atoms with E-state index in [1.165, 1.54) is 0 Å². The van der Waals surface area contributed by atoms with Gasteiger partial charge in [-0.25, -0.2) is 0 Å². The van der Waals surface area contributed by atoms with Gasteiger partial charge in [0, 0.05) is 26.7 Å². The lowest BCUT2D eigenvalue weighted by atomic mass is 10.1. The van der Waals surface area contributed by atoms with Crippen molar-refractivity contribution in [1.82, 2.24) is 9.47 Å². The highest BCUT2D eigenvalue weighted by atomic mass is 32.1. The van der Waals surface area contributed by atoms with E-state index < -0.39 is 0 Å². The van der Waals surface area contributed by atoms with Gasteiger partial charge in [-0.05, 0) is 48.1 Å². The molecule has 1 amide bonds. The number of aryl methyl sites for hydroxylation is 1. The fraction of sp³-hybridized carbons (Fsp3) is 0.381. The third-order valence-electron chi connectivity index (χ3n) is 5.43. The van der Waals surface area contributed by atoms with Crippen LogP contribution in [0.2, 0.25) is 0 Å². The zero-order valence-corrected chi connectivity index (χ0v) is 16.5. The van der Waals surface area contributed by atoms with Crippen LogP contribution >= 0.6 is 11.3 Å². The number of rotatable bonds is 5. The van der Waals surface area contributed by atoms with Crippen molar-refractivity contribution in [3.8, 4) is 11.5 Å². The van der Waals surface area contributed by atoms with Crippen LogP contribution < -0.4 is 9.47 Å². The highest BCUT2D eigenvalue weighted by molar-refractivity contribution is 7.17. The SMILES string of the molecule is Cn1c(C(=O)N(Cc2ccc3c(c2)OCO3)CC2CCCO2)cc2sccc21. The van der Waals surface area contributed by atoms with Crippen molar-refractivity contribution in [3.63, 3.8) is 0 Å². The zero-order valence-electron chi connectivity index (χ0n) is 15.7. The molecule has 0 aliphatic carbocycles. The van der Waals surface area contributed by atoms with Gasteiger partial charge in [0.1, 0.15) is 5.69 Å². The molecule has 3 aromatic rings. The van der Waals surface area contributed by atoms with E-state index in [2.05, 4.69) is 11.4 Å². The maximum Gasteiger partial charge on any atom is 0.270 e. The Morgan fingerprint density at radius 2 is 2.14 bits per heavy atom. The highest BCUT2D eigenvalue weighted by Gasteiger charge is 2.26. The molecule has 2 aromatic heterocycles. The quantitative estimate of drug-likeness (QED) is 0.656. The largest absolute Gasteiger partial charge is 0.454 e. The van der Waals surface area contributed by atoms with Crippen molar-refractivity contribution in [2.45, 2.75) is 25.5 Å². The molecule has 1 unspecified atom stereocenters. The smallest absolute Gasteiger partial charge is 0.270 e. The summed E-state index contributed by atoms with van der Waals surface area (Å²) in [5.74, 6) is 1.52. The van der Waals surface area contributed by atoms with Crippen LogP contribution in [0.4, 0.5) is 0 Å². The van der Waals surface area contributed by atoms with Crippen LogP contribution in [0, 0.1) is 0 Å². The molecule has 0 bridgehead atoms. The molecule has 4 heterocycles. The molecule has 1 fully saturated rings. The van der Waals surface area contributed by atoms with Crippen LogP contribution in [0.5, 0.6) is 11.5 Å². The predicted molar refractivity (Wildman–Crippen MR) is 107 cm³/mol. The molecule has 1 saturated heterocycles. The Bertz CT molecular complexity index is 1020. The molecule has 2 aliphatic heterocycles. The number of hydrogen-bond donors (Lipinski definition) is 0. The Balaban J connectivity index is 1.44. The summed E-state index contributed by atoms with van der Waals surface area (Å²) in [7, 11) is 1.95. The summed E-state index contributed by atoms with van der Waals surface area (Å²) < 4.78 is 19.8. The van der Waals surface area contributed by atoms with Crippen LogP contribution in [0.1, 0.15) is 28.9 Å². The molecule has 0 saturated carbocycles. The number of thiophene rings is 1. The Morgan fingerprint density at radius 1 is 1.25 bits per heavy atom. The minimum absolute atomic E-state index is 0.0269. The van der Waals surface area contributed by atoms with Crippen molar-refractivity contribution in [1.29, 1.82) is 0 Å². The summed E-state index contributed by atoms with van der Waals surface area (Å²) in [4.78, 5) is 15.4. The predicted octanol–water partition coefficient (Wildman–Crippen LogP) is 3.79. The van der Waals surface area contributed by atoms with E-state index in [0.717, 1.165) is 46.7 Å². The number of amides is 1. The van der Waals surface area contributed by atoms with E-state index >= 15 is 0 Å². The lowest BCUT2D eigenvalue weighted by Gasteiger charge is -2.26. The molecule has 146 valence electrons. The molecule has 0 N–H and O–H groups in total. The first kappa shape index (κ1) is 17.6. The first-order valence-corrected chi connectivity index (χ1v) is 10.4. The molecule has 6 nitrogen and oxygen atoms in total. The van der Waals surface area contributed by atoms with Gasteiger partial charge < -0.3 is 23.7 Å². The lowest BCUT2D eigenvalue weighted by Crippen LogP contribution is -2.37. The van der Waals surface area contributed by atoms with Gasteiger partial charge in [0.2, 0.25) is 6.79 Å². The van der Waals surface area contributed by atoms with Crippen molar-refractivity contribution >= 4 is 27.5 Å². The first-order valence-electron chi connectivity index (χ1n) is 9.51. The maximum atomic E-state index is 13.5. The van der Waals surface area contributed by atoms with Gasteiger partial charge in [-0.3, -0.25) is 4.79 Å². The molecule has 5 rings (SSSR count). The van der Waals surface area contributed by atoms with Crippen molar-refractivity contribution < 1.29 is 19.0 Å². The van der Waals surface area contributed by atoms with Crippen LogP contribution in [0.15, 0.2) is 35.7 Å². The van der Waals surface area contributed by atoms with Crippen LogP contribution in [0.3, 0.4) is 0 Å². The number of ether oxygens (including phenoxy) is 3. The Morgan fingerprint density at radius 3 is 2.96 bits per heavy atom. The molecule has 1 atom stereocenters. The average molecular weight is 398 g/mol. The number of aromatic nitrogens is 1. The summed E-state index contributed by atoms with van der Waals surface area (Å²) >= 11 is 1.66. The minimum Gasteiger partial charge on any atom is -0.454 e. The molecule has 0 spiro atoms. The lowest BCUT2D eigenvalue weighted by molar-refractivity contribution is 0.0500. The fourth-order valence-corrected chi connectivity index (χ4v) is 4.78. The summed E-state index contributed by atoms with van der Waals surface area (Å²) in [6, 6.07) is 9.91. The third kappa shape index (κ3) is 3.14. The standard InChI is InChI=1S/C21H22N2O4S/c1-22-16-6-8-28-20(16)10-17(22)21(24)23(12-15-3-2-7-25-15)11-14-4-5-18-19(9-14)27-13-26-18/h4-6,8-10,15H,2-3,7,11-13H2,1H3. The molecular formula is C21H22N2O4S. The number of fused-ring (bicyclic) bond motifs is 2. The molecule has 2 aliphatic rings. The topological polar surface area (TPSA) is 52.9 Å². The zero-order chi connectivity index (χ0) is 19.1. The van der Waals surface area contributed by atoms with Gasteiger partial charge in [0.25, 0.3) is 5.91 Å². The second kappa shape index (κ2) is 7.14. The van der Waals surface area contributed by atoms with Crippen molar-refractivity contribution in [2.75, 3.05) is 19.9 Å². The second-order valence-electron chi connectivity index (χ2n) is 7.27. The fourth-order valence-electron chi connectivity index (χ4n) is 3.93. The van der Waals surface area contributed by atoms with Gasteiger partial charge in [0.15, 0.2) is 11.5 Å². The second-order valence-corrected chi connectivity index (χ2v) is 8.21. The van der Waals surface area contributed by atoms with Gasteiger partial charge in [0.05, 0.1) is 16.3 Å². The monoisotopic (exact) mass is 398 g/mol. The molecule has 0 radical (unpaired) electrons. The molecular weight excluding hydrogens is 376 g/mol. The average Bonchev–Trinajstić information content (AvgIpc) is 3.47. The number of benzene rings is 1. The normalized spacial score (nSPS) is 18.1. The van der Waals surface area contributed by atoms with Crippen LogP contribution in [-0.2, 0) is 18.3 Å². The number of nitrogens with zero attached hydrogens (tertiary/aromatic N) is 2. The summed E-state index contributed by atoms with van der Waals surface area (Å²) in [6.45, 7) is 2.12. The molecule has 7 heteroatoms. The highest BCUT2D eigenvalue weighted by Crippen LogP contribution is 2.33. The molecule has 28 heavy (non-hydrogen) atoms. The minimum atomic E-state index is 0.0269. The third-order valence-corrected chi connectivity index (χ3v) is 6.28. The van der Waals surface area contributed by atoms with E-state index in [-0.39, 0.29) is 18.8 Å². The van der Waals surface area contributed by atoms with Crippen LogP contribution in [-0.4, -0.2) is 41.4 Å². The number of carbonyl (C=O) groups excluding carboxylic acids is 1. The van der Waals surface area contributed by atoms with Crippen molar-refractivity contribution in [2.24, 2.45) is 7.05 Å².